The van der Waals surface area contributed by atoms with Gasteiger partial charge < -0.3 is 9.64 Å². The van der Waals surface area contributed by atoms with Crippen LogP contribution < -0.4 is 0 Å². The van der Waals surface area contributed by atoms with Crippen LogP contribution in [0, 0.1) is 5.82 Å². The van der Waals surface area contributed by atoms with Gasteiger partial charge in [0.05, 0.1) is 0 Å². The van der Waals surface area contributed by atoms with Gasteiger partial charge in [-0.3, -0.25) is 4.79 Å². The summed E-state index contributed by atoms with van der Waals surface area (Å²) in [4.78, 5) is 14.2. The van der Waals surface area contributed by atoms with Gasteiger partial charge in [0.15, 0.2) is 0 Å². The highest BCUT2D eigenvalue weighted by atomic mass is 19.1. The van der Waals surface area contributed by atoms with Crippen molar-refractivity contribution in [2.45, 2.75) is 45.4 Å². The molecule has 0 aromatic heterocycles. The van der Waals surface area contributed by atoms with Gasteiger partial charge in [0.25, 0.3) is 5.91 Å². The molecule has 3 nitrogen and oxygen atoms in total. The van der Waals surface area contributed by atoms with Gasteiger partial charge in [0.2, 0.25) is 0 Å². The summed E-state index contributed by atoms with van der Waals surface area (Å²) >= 11 is 0. The monoisotopic (exact) mass is 265 g/mol. The van der Waals surface area contributed by atoms with E-state index in [0.29, 0.717) is 13.2 Å². The van der Waals surface area contributed by atoms with Crippen LogP contribution in [-0.2, 0) is 16.1 Å². The van der Waals surface area contributed by atoms with Crippen LogP contribution in [0.4, 0.5) is 4.39 Å². The first-order chi connectivity index (χ1) is 9.08. The lowest BCUT2D eigenvalue weighted by molar-refractivity contribution is -0.143. The molecule has 0 unspecified atom stereocenters. The standard InChI is InChI=1S/C15H20FNO2/c1-11(2)17(15(18)14-4-3-9-19-14)10-12-5-7-13(16)8-6-12/h5-8,11,14H,3-4,9-10H2,1-2H3/t14-/m0/s1. The Bertz CT molecular complexity index is 424. The highest BCUT2D eigenvalue weighted by molar-refractivity contribution is 5.81. The molecule has 0 spiro atoms. The molecule has 0 saturated carbocycles. The summed E-state index contributed by atoms with van der Waals surface area (Å²) in [5.74, 6) is -0.220. The van der Waals surface area contributed by atoms with E-state index in [2.05, 4.69) is 0 Å². The van der Waals surface area contributed by atoms with Crippen LogP contribution in [0.3, 0.4) is 0 Å². The van der Waals surface area contributed by atoms with E-state index < -0.39 is 0 Å². The lowest BCUT2D eigenvalue weighted by Gasteiger charge is -2.29. The first-order valence-electron chi connectivity index (χ1n) is 6.74. The van der Waals surface area contributed by atoms with E-state index in [1.54, 1.807) is 17.0 Å². The Labute approximate surface area is 113 Å². The molecule has 1 fully saturated rings. The number of ether oxygens (including phenoxy) is 1. The summed E-state index contributed by atoms with van der Waals surface area (Å²) < 4.78 is 18.3. The molecule has 0 bridgehead atoms. The summed E-state index contributed by atoms with van der Waals surface area (Å²) in [6.45, 7) is 5.13. The lowest BCUT2D eigenvalue weighted by Crippen LogP contribution is -2.42. The maximum Gasteiger partial charge on any atom is 0.252 e. The van der Waals surface area contributed by atoms with Gasteiger partial charge >= 0.3 is 0 Å². The van der Waals surface area contributed by atoms with E-state index in [1.807, 2.05) is 13.8 Å². The van der Waals surface area contributed by atoms with E-state index in [0.717, 1.165) is 18.4 Å². The van der Waals surface area contributed by atoms with Gasteiger partial charge in [-0.2, -0.15) is 0 Å². The average molecular weight is 265 g/mol. The van der Waals surface area contributed by atoms with Crippen LogP contribution in [0.1, 0.15) is 32.3 Å². The number of hydrogen-bond acceptors (Lipinski definition) is 2. The molecule has 1 aromatic carbocycles. The van der Waals surface area contributed by atoms with Crippen LogP contribution in [0.25, 0.3) is 0 Å². The van der Waals surface area contributed by atoms with Crippen molar-refractivity contribution >= 4 is 5.91 Å². The van der Waals surface area contributed by atoms with Crippen molar-refractivity contribution in [2.75, 3.05) is 6.61 Å². The summed E-state index contributed by atoms with van der Waals surface area (Å²) in [6.07, 6.45) is 1.44. The lowest BCUT2D eigenvalue weighted by atomic mass is 10.1. The third kappa shape index (κ3) is 3.53. The first-order valence-corrected chi connectivity index (χ1v) is 6.74. The Balaban J connectivity index is 2.07. The first kappa shape index (κ1) is 14.0. The Hall–Kier alpha value is -1.42. The smallest absolute Gasteiger partial charge is 0.252 e. The number of carbonyl (C=O) groups is 1. The van der Waals surface area contributed by atoms with E-state index >= 15 is 0 Å². The normalized spacial score (nSPS) is 18.8. The summed E-state index contributed by atoms with van der Waals surface area (Å²) in [7, 11) is 0. The Kier molecular flexibility index (Phi) is 4.53. The number of carbonyl (C=O) groups excluding carboxylic acids is 1. The van der Waals surface area contributed by atoms with E-state index in [1.165, 1.54) is 12.1 Å². The minimum Gasteiger partial charge on any atom is -0.368 e. The number of benzene rings is 1. The van der Waals surface area contributed by atoms with E-state index in [-0.39, 0.29) is 23.9 Å². The fraction of sp³-hybridized carbons (Fsp3) is 0.533. The van der Waals surface area contributed by atoms with E-state index in [9.17, 15) is 9.18 Å². The second-order valence-corrected chi connectivity index (χ2v) is 5.19. The minimum atomic E-state index is -0.303. The van der Waals surface area contributed by atoms with Gasteiger partial charge in [-0.25, -0.2) is 4.39 Å². The number of rotatable bonds is 4. The van der Waals surface area contributed by atoms with Crippen molar-refractivity contribution < 1.29 is 13.9 Å². The van der Waals surface area contributed by atoms with E-state index in [4.69, 9.17) is 4.74 Å². The SMILES string of the molecule is CC(C)N(Cc1ccc(F)cc1)C(=O)[C@@H]1CCCO1. The fourth-order valence-electron chi connectivity index (χ4n) is 2.26. The molecule has 2 rings (SSSR count). The third-order valence-corrected chi connectivity index (χ3v) is 3.38. The number of hydrogen-bond donors (Lipinski definition) is 0. The maximum atomic E-state index is 12.9. The van der Waals surface area contributed by atoms with Crippen LogP contribution in [0.2, 0.25) is 0 Å². The molecule has 1 heterocycles. The van der Waals surface area contributed by atoms with Crippen molar-refractivity contribution in [1.29, 1.82) is 0 Å². The second-order valence-electron chi connectivity index (χ2n) is 5.19. The molecule has 19 heavy (non-hydrogen) atoms. The predicted octanol–water partition coefficient (Wildman–Crippen LogP) is 2.74. The predicted molar refractivity (Wildman–Crippen MR) is 71.1 cm³/mol. The molecular formula is C15H20FNO2. The van der Waals surface area contributed by atoms with Gasteiger partial charge in [0.1, 0.15) is 11.9 Å². The van der Waals surface area contributed by atoms with Gasteiger partial charge in [0, 0.05) is 19.2 Å². The maximum absolute atomic E-state index is 12.9. The van der Waals surface area contributed by atoms with Gasteiger partial charge in [-0.15, -0.1) is 0 Å². The fourth-order valence-corrected chi connectivity index (χ4v) is 2.26. The minimum absolute atomic E-state index is 0.0387. The molecule has 1 amide bonds. The average Bonchev–Trinajstić information content (AvgIpc) is 2.91. The van der Waals surface area contributed by atoms with Gasteiger partial charge in [-0.05, 0) is 44.4 Å². The molecule has 0 radical (unpaired) electrons. The zero-order valence-electron chi connectivity index (χ0n) is 11.4. The largest absolute Gasteiger partial charge is 0.368 e. The van der Waals surface area contributed by atoms with Crippen molar-refractivity contribution in [2.24, 2.45) is 0 Å². The zero-order valence-corrected chi connectivity index (χ0v) is 11.4. The highest BCUT2D eigenvalue weighted by Crippen LogP contribution is 2.18. The summed E-state index contributed by atoms with van der Waals surface area (Å²) in [5, 5.41) is 0. The van der Waals surface area contributed by atoms with Crippen LogP contribution in [0.15, 0.2) is 24.3 Å². The molecule has 1 atom stereocenters. The number of nitrogens with zero attached hydrogens (tertiary/aromatic N) is 1. The third-order valence-electron chi connectivity index (χ3n) is 3.38. The molecule has 1 aliphatic rings. The molecule has 0 N–H and O–H groups in total. The van der Waals surface area contributed by atoms with Crippen LogP contribution >= 0.6 is 0 Å². The van der Waals surface area contributed by atoms with Crippen LogP contribution in [-0.4, -0.2) is 29.6 Å². The quantitative estimate of drug-likeness (QED) is 0.837. The molecule has 1 aromatic rings. The topological polar surface area (TPSA) is 29.5 Å². The van der Waals surface area contributed by atoms with Crippen molar-refractivity contribution in [3.8, 4) is 0 Å². The number of amides is 1. The second kappa shape index (κ2) is 6.15. The Morgan fingerprint density at radius 3 is 2.63 bits per heavy atom. The summed E-state index contributed by atoms with van der Waals surface area (Å²) in [6, 6.07) is 6.37. The van der Waals surface area contributed by atoms with Crippen molar-refractivity contribution in [1.82, 2.24) is 4.90 Å². The van der Waals surface area contributed by atoms with Crippen molar-refractivity contribution in [3.05, 3.63) is 35.6 Å². The molecule has 0 aliphatic carbocycles. The molecule has 4 heteroatoms. The molecule has 104 valence electrons. The highest BCUT2D eigenvalue weighted by Gasteiger charge is 2.29. The number of halogens is 1. The Morgan fingerprint density at radius 1 is 1.42 bits per heavy atom. The zero-order chi connectivity index (χ0) is 13.8. The summed E-state index contributed by atoms with van der Waals surface area (Å²) in [5.41, 5.74) is 0.932. The Morgan fingerprint density at radius 2 is 2.11 bits per heavy atom. The van der Waals surface area contributed by atoms with Crippen LogP contribution in [0.5, 0.6) is 0 Å². The van der Waals surface area contributed by atoms with Gasteiger partial charge in [-0.1, -0.05) is 12.1 Å². The molecule has 1 saturated heterocycles. The molecule has 1 aliphatic heterocycles. The molecular weight excluding hydrogens is 245 g/mol. The van der Waals surface area contributed by atoms with Crippen molar-refractivity contribution in [3.63, 3.8) is 0 Å².